The molecule has 1 aliphatic carbocycles. The van der Waals surface area contributed by atoms with E-state index in [-0.39, 0.29) is 22.5 Å². The summed E-state index contributed by atoms with van der Waals surface area (Å²) in [6.45, 7) is 6.01. The topological polar surface area (TPSA) is 46.2 Å². The van der Waals surface area contributed by atoms with Crippen molar-refractivity contribution in [3.8, 4) is 0 Å². The van der Waals surface area contributed by atoms with Crippen molar-refractivity contribution < 1.29 is 8.42 Å². The van der Waals surface area contributed by atoms with E-state index in [0.29, 0.717) is 0 Å². The maximum Gasteiger partial charge on any atom is 0.154 e. The third-order valence-corrected chi connectivity index (χ3v) is 5.70. The molecule has 4 heteroatoms. The van der Waals surface area contributed by atoms with Gasteiger partial charge in [-0.15, -0.1) is 0 Å². The minimum Gasteiger partial charge on any atom is -0.315 e. The first-order valence-electron chi connectivity index (χ1n) is 5.24. The second-order valence-corrected chi connectivity index (χ2v) is 7.29. The van der Waals surface area contributed by atoms with Crippen LogP contribution >= 0.6 is 0 Å². The second kappa shape index (κ2) is 3.81. The van der Waals surface area contributed by atoms with Gasteiger partial charge in [-0.1, -0.05) is 20.8 Å². The fourth-order valence-electron chi connectivity index (χ4n) is 2.52. The Labute approximate surface area is 87.2 Å². The molecule has 0 aliphatic heterocycles. The zero-order chi connectivity index (χ0) is 11.0. The molecule has 2 unspecified atom stereocenters. The highest BCUT2D eigenvalue weighted by molar-refractivity contribution is 7.92. The van der Waals surface area contributed by atoms with Gasteiger partial charge in [-0.25, -0.2) is 8.42 Å². The van der Waals surface area contributed by atoms with Crippen molar-refractivity contribution >= 4 is 9.84 Å². The minimum atomic E-state index is -2.89. The van der Waals surface area contributed by atoms with E-state index in [4.69, 9.17) is 0 Å². The molecule has 84 valence electrons. The monoisotopic (exact) mass is 219 g/mol. The van der Waals surface area contributed by atoms with E-state index in [1.54, 1.807) is 6.92 Å². The Morgan fingerprint density at radius 2 is 2.00 bits per heavy atom. The van der Waals surface area contributed by atoms with Crippen molar-refractivity contribution in [1.29, 1.82) is 0 Å². The molecule has 1 fully saturated rings. The highest BCUT2D eigenvalue weighted by Gasteiger charge is 2.46. The Balaban J connectivity index is 2.94. The van der Waals surface area contributed by atoms with Crippen LogP contribution in [0.1, 0.15) is 33.6 Å². The van der Waals surface area contributed by atoms with Crippen LogP contribution in [-0.2, 0) is 9.84 Å². The Bertz CT molecular complexity index is 295. The lowest BCUT2D eigenvalue weighted by molar-refractivity contribution is 0.297. The molecule has 1 saturated carbocycles. The van der Waals surface area contributed by atoms with Crippen LogP contribution in [0.4, 0.5) is 0 Å². The smallest absolute Gasteiger partial charge is 0.154 e. The average molecular weight is 219 g/mol. The molecule has 14 heavy (non-hydrogen) atoms. The molecule has 1 rings (SSSR count). The van der Waals surface area contributed by atoms with Gasteiger partial charge in [0.05, 0.1) is 5.25 Å². The lowest BCUT2D eigenvalue weighted by atomic mass is 9.87. The first-order valence-corrected chi connectivity index (χ1v) is 6.95. The molecular weight excluding hydrogens is 198 g/mol. The van der Waals surface area contributed by atoms with Crippen LogP contribution in [0.2, 0.25) is 0 Å². The summed E-state index contributed by atoms with van der Waals surface area (Å²) >= 11 is 0. The zero-order valence-electron chi connectivity index (χ0n) is 9.50. The summed E-state index contributed by atoms with van der Waals surface area (Å²) in [5.74, 6) is 0.256. The van der Waals surface area contributed by atoms with Crippen molar-refractivity contribution in [3.63, 3.8) is 0 Å². The van der Waals surface area contributed by atoms with Gasteiger partial charge in [0.2, 0.25) is 0 Å². The van der Waals surface area contributed by atoms with Gasteiger partial charge in [0.15, 0.2) is 9.84 Å². The van der Waals surface area contributed by atoms with Gasteiger partial charge in [0, 0.05) is 11.8 Å². The summed E-state index contributed by atoms with van der Waals surface area (Å²) in [4.78, 5) is 0. The molecule has 0 amide bonds. The minimum absolute atomic E-state index is 0.0989. The molecule has 0 spiro atoms. The Hall–Kier alpha value is -0.0900. The molecule has 1 N–H and O–H groups in total. The largest absolute Gasteiger partial charge is 0.315 e. The molecule has 3 nitrogen and oxygen atoms in total. The number of rotatable bonds is 3. The van der Waals surface area contributed by atoms with Crippen LogP contribution in [0.3, 0.4) is 0 Å². The average Bonchev–Trinajstić information content (AvgIpc) is 2.41. The number of sulfone groups is 1. The Kier molecular flexibility index (Phi) is 3.26. The van der Waals surface area contributed by atoms with Crippen molar-refractivity contribution in [2.24, 2.45) is 5.41 Å². The van der Waals surface area contributed by atoms with Crippen LogP contribution in [0.15, 0.2) is 0 Å². The molecule has 1 aliphatic rings. The molecule has 0 radical (unpaired) electrons. The summed E-state index contributed by atoms with van der Waals surface area (Å²) in [5, 5.41) is 2.98. The van der Waals surface area contributed by atoms with Gasteiger partial charge < -0.3 is 5.32 Å². The van der Waals surface area contributed by atoms with Crippen molar-refractivity contribution in [2.45, 2.75) is 44.9 Å². The molecule has 0 aromatic rings. The third kappa shape index (κ3) is 1.96. The van der Waals surface area contributed by atoms with Gasteiger partial charge in [-0.2, -0.15) is 0 Å². The van der Waals surface area contributed by atoms with Crippen molar-refractivity contribution in [1.82, 2.24) is 5.32 Å². The van der Waals surface area contributed by atoms with E-state index in [9.17, 15) is 8.42 Å². The van der Waals surface area contributed by atoms with Crippen LogP contribution < -0.4 is 5.32 Å². The van der Waals surface area contributed by atoms with Gasteiger partial charge in [-0.05, 0) is 25.3 Å². The van der Waals surface area contributed by atoms with E-state index in [0.717, 1.165) is 12.8 Å². The molecule has 0 saturated heterocycles. The Morgan fingerprint density at radius 1 is 1.43 bits per heavy atom. The SMILES string of the molecule is CCS(=O)(=O)C1CCC(C)(C)C1NC. The van der Waals surface area contributed by atoms with E-state index >= 15 is 0 Å². The first kappa shape index (κ1) is 12.0. The second-order valence-electron chi connectivity index (χ2n) is 4.78. The highest BCUT2D eigenvalue weighted by Crippen LogP contribution is 2.40. The van der Waals surface area contributed by atoms with E-state index in [1.165, 1.54) is 0 Å². The third-order valence-electron chi connectivity index (χ3n) is 3.46. The zero-order valence-corrected chi connectivity index (χ0v) is 10.3. The van der Waals surface area contributed by atoms with Crippen molar-refractivity contribution in [2.75, 3.05) is 12.8 Å². The van der Waals surface area contributed by atoms with Gasteiger partial charge in [0.1, 0.15) is 0 Å². The molecule has 0 heterocycles. The maximum absolute atomic E-state index is 11.8. The summed E-state index contributed by atoms with van der Waals surface area (Å²) in [6, 6.07) is 0.104. The number of hydrogen-bond donors (Lipinski definition) is 1. The highest BCUT2D eigenvalue weighted by atomic mass is 32.2. The fourth-order valence-corrected chi connectivity index (χ4v) is 4.34. The van der Waals surface area contributed by atoms with E-state index in [2.05, 4.69) is 19.2 Å². The van der Waals surface area contributed by atoms with Crippen LogP contribution in [0.25, 0.3) is 0 Å². The van der Waals surface area contributed by atoms with E-state index < -0.39 is 9.84 Å². The quantitative estimate of drug-likeness (QED) is 0.776. The normalized spacial score (nSPS) is 32.0. The van der Waals surface area contributed by atoms with Gasteiger partial charge in [0.25, 0.3) is 0 Å². The summed E-state index contributed by atoms with van der Waals surface area (Å²) < 4.78 is 23.6. The van der Waals surface area contributed by atoms with Crippen LogP contribution in [-0.4, -0.2) is 32.5 Å². The number of hydrogen-bond acceptors (Lipinski definition) is 3. The lowest BCUT2D eigenvalue weighted by Gasteiger charge is -2.29. The van der Waals surface area contributed by atoms with Gasteiger partial charge in [-0.3, -0.25) is 0 Å². The first-order chi connectivity index (χ1) is 6.35. The lowest BCUT2D eigenvalue weighted by Crippen LogP contribution is -2.46. The predicted molar refractivity (Wildman–Crippen MR) is 59.1 cm³/mol. The van der Waals surface area contributed by atoms with Crippen molar-refractivity contribution in [3.05, 3.63) is 0 Å². The molecule has 0 aromatic heterocycles. The maximum atomic E-state index is 11.8. The molecule has 2 atom stereocenters. The molecule has 0 aromatic carbocycles. The van der Waals surface area contributed by atoms with Crippen LogP contribution in [0, 0.1) is 5.41 Å². The summed E-state index contributed by atoms with van der Waals surface area (Å²) in [7, 11) is -1.04. The summed E-state index contributed by atoms with van der Waals surface area (Å²) in [5.41, 5.74) is 0.0989. The molecular formula is C10H21NO2S. The van der Waals surface area contributed by atoms with Gasteiger partial charge >= 0.3 is 0 Å². The standard InChI is InChI=1S/C10H21NO2S/c1-5-14(12,13)8-6-7-10(2,3)9(8)11-4/h8-9,11H,5-7H2,1-4H3. The molecule has 0 bridgehead atoms. The predicted octanol–water partition coefficient (Wildman–Crippen LogP) is 1.20. The number of nitrogens with one attached hydrogen (secondary N) is 1. The Morgan fingerprint density at radius 3 is 2.43 bits per heavy atom. The van der Waals surface area contributed by atoms with Crippen LogP contribution in [0.5, 0.6) is 0 Å². The summed E-state index contributed by atoms with van der Waals surface area (Å²) in [6.07, 6.45) is 1.79. The fraction of sp³-hybridized carbons (Fsp3) is 1.00. The van der Waals surface area contributed by atoms with E-state index in [1.807, 2.05) is 7.05 Å².